The molecular weight excluding hydrogens is 372 g/mol. The molecule has 1 aliphatic heterocycles. The molecule has 1 aliphatic rings. The lowest BCUT2D eigenvalue weighted by molar-refractivity contribution is 0.0413. The first kappa shape index (κ1) is 18.7. The molecule has 0 aliphatic carbocycles. The van der Waals surface area contributed by atoms with Crippen LogP contribution in [0.3, 0.4) is 0 Å². The summed E-state index contributed by atoms with van der Waals surface area (Å²) in [6.45, 7) is 4.77. The normalized spacial score (nSPS) is 19.2. The molecule has 1 fully saturated rings. The molecule has 1 amide bonds. The van der Waals surface area contributed by atoms with Gasteiger partial charge in [-0.1, -0.05) is 31.2 Å². The highest BCUT2D eigenvalue weighted by Crippen LogP contribution is 2.36. The van der Waals surface area contributed by atoms with E-state index in [1.807, 2.05) is 38.1 Å². The second-order valence-electron chi connectivity index (χ2n) is 7.04. The molecule has 1 saturated heterocycles. The van der Waals surface area contributed by atoms with Crippen LogP contribution in [0.2, 0.25) is 0 Å². The van der Waals surface area contributed by atoms with Crippen molar-refractivity contribution < 1.29 is 9.90 Å². The molecular formula is C21H22N4O2S. The third kappa shape index (κ3) is 3.31. The highest BCUT2D eigenvalue weighted by Gasteiger charge is 2.41. The molecule has 7 heteroatoms. The number of aryl methyl sites for hydroxylation is 2. The number of nitrogens with zero attached hydrogens (tertiary/aromatic N) is 4. The van der Waals surface area contributed by atoms with E-state index in [0.717, 1.165) is 16.8 Å². The predicted octanol–water partition coefficient (Wildman–Crippen LogP) is 3.20. The van der Waals surface area contributed by atoms with Crippen LogP contribution in [-0.2, 0) is 12.0 Å². The van der Waals surface area contributed by atoms with Crippen LogP contribution in [0.15, 0.2) is 42.7 Å². The number of carbonyl (C=O) groups excluding carboxylic acids is 1. The Morgan fingerprint density at radius 1 is 1.25 bits per heavy atom. The summed E-state index contributed by atoms with van der Waals surface area (Å²) in [6, 6.07) is 9.56. The summed E-state index contributed by atoms with van der Waals surface area (Å²) in [5.41, 5.74) is 1.67. The second-order valence-corrected chi connectivity index (χ2v) is 8.04. The van der Waals surface area contributed by atoms with Crippen LogP contribution in [0.5, 0.6) is 0 Å². The lowest BCUT2D eigenvalue weighted by Gasteiger charge is -2.25. The maximum Gasteiger partial charge on any atom is 0.265 e. The number of hydrogen-bond acceptors (Lipinski definition) is 6. The summed E-state index contributed by atoms with van der Waals surface area (Å²) in [5.74, 6) is 0.445. The van der Waals surface area contributed by atoms with Crippen molar-refractivity contribution in [1.29, 1.82) is 0 Å². The Balaban J connectivity index is 1.61. The molecule has 2 aromatic heterocycles. The predicted molar refractivity (Wildman–Crippen MR) is 108 cm³/mol. The Kier molecular flexibility index (Phi) is 4.95. The summed E-state index contributed by atoms with van der Waals surface area (Å²) in [6.07, 6.45) is 4.51. The minimum atomic E-state index is -1.01. The topological polar surface area (TPSA) is 79.2 Å². The zero-order valence-corrected chi connectivity index (χ0v) is 16.7. The van der Waals surface area contributed by atoms with Gasteiger partial charge in [0.15, 0.2) is 10.8 Å². The molecule has 0 bridgehead atoms. The molecule has 1 atom stereocenters. The van der Waals surface area contributed by atoms with Crippen molar-refractivity contribution >= 4 is 17.2 Å². The van der Waals surface area contributed by atoms with Crippen LogP contribution < -0.4 is 0 Å². The molecule has 0 saturated carbocycles. The molecule has 144 valence electrons. The van der Waals surface area contributed by atoms with E-state index in [4.69, 9.17) is 0 Å². The van der Waals surface area contributed by atoms with E-state index in [2.05, 4.69) is 15.0 Å². The summed E-state index contributed by atoms with van der Waals surface area (Å²) in [5, 5.41) is 11.8. The van der Waals surface area contributed by atoms with E-state index in [0.29, 0.717) is 35.1 Å². The highest BCUT2D eigenvalue weighted by atomic mass is 32.1. The van der Waals surface area contributed by atoms with Gasteiger partial charge in [-0.05, 0) is 37.0 Å². The summed E-state index contributed by atoms with van der Waals surface area (Å²) in [4.78, 5) is 28.6. The van der Waals surface area contributed by atoms with Crippen molar-refractivity contribution in [3.05, 3.63) is 64.4 Å². The molecule has 6 nitrogen and oxygen atoms in total. The molecule has 1 unspecified atom stereocenters. The number of amides is 1. The highest BCUT2D eigenvalue weighted by molar-refractivity contribution is 7.17. The minimum absolute atomic E-state index is 0.0824. The van der Waals surface area contributed by atoms with Gasteiger partial charge >= 0.3 is 0 Å². The van der Waals surface area contributed by atoms with E-state index in [1.165, 1.54) is 11.3 Å². The maximum absolute atomic E-state index is 13.2. The lowest BCUT2D eigenvalue weighted by Crippen LogP contribution is -2.34. The average Bonchev–Trinajstić information content (AvgIpc) is 3.33. The Morgan fingerprint density at radius 3 is 2.71 bits per heavy atom. The number of aromatic nitrogens is 3. The van der Waals surface area contributed by atoms with Crippen LogP contribution in [0.1, 0.15) is 39.8 Å². The number of benzene rings is 1. The van der Waals surface area contributed by atoms with Crippen molar-refractivity contribution in [2.24, 2.45) is 0 Å². The van der Waals surface area contributed by atoms with E-state index in [1.54, 1.807) is 23.4 Å². The lowest BCUT2D eigenvalue weighted by atomic mass is 9.89. The van der Waals surface area contributed by atoms with Gasteiger partial charge in [-0.15, -0.1) is 11.3 Å². The standard InChI is InChI=1S/C21H22N4O2S/c1-3-16-17(28-19(24-16)18-22-10-6-11-23-18)20(26)25-12-9-21(27,13-25)15-8-5-4-7-14(15)2/h4-8,10-11,27H,3,9,12-13H2,1-2H3. The largest absolute Gasteiger partial charge is 0.383 e. The van der Waals surface area contributed by atoms with Crippen LogP contribution >= 0.6 is 11.3 Å². The van der Waals surface area contributed by atoms with Gasteiger partial charge in [0, 0.05) is 18.9 Å². The first-order chi connectivity index (χ1) is 13.5. The number of aliphatic hydroxyl groups is 1. The monoisotopic (exact) mass is 394 g/mol. The second kappa shape index (κ2) is 7.41. The number of rotatable bonds is 4. The number of carbonyl (C=O) groups is 1. The SMILES string of the molecule is CCc1nc(-c2ncccn2)sc1C(=O)N1CCC(O)(c2ccccc2C)C1. The summed E-state index contributed by atoms with van der Waals surface area (Å²) in [7, 11) is 0. The van der Waals surface area contributed by atoms with E-state index in [9.17, 15) is 9.90 Å². The molecule has 4 rings (SSSR count). The van der Waals surface area contributed by atoms with Crippen molar-refractivity contribution in [2.45, 2.75) is 32.3 Å². The van der Waals surface area contributed by atoms with Crippen molar-refractivity contribution in [2.75, 3.05) is 13.1 Å². The van der Waals surface area contributed by atoms with Gasteiger partial charge in [0.2, 0.25) is 0 Å². The van der Waals surface area contributed by atoms with Gasteiger partial charge in [-0.25, -0.2) is 15.0 Å². The van der Waals surface area contributed by atoms with Crippen molar-refractivity contribution in [3.63, 3.8) is 0 Å². The zero-order chi connectivity index (χ0) is 19.7. The molecule has 0 spiro atoms. The van der Waals surface area contributed by atoms with Gasteiger partial charge in [0.1, 0.15) is 10.5 Å². The molecule has 28 heavy (non-hydrogen) atoms. The third-order valence-electron chi connectivity index (χ3n) is 5.16. The molecule has 1 N–H and O–H groups in total. The number of thiazole rings is 1. The first-order valence-corrected chi connectivity index (χ1v) is 10.2. The van der Waals surface area contributed by atoms with Crippen LogP contribution in [-0.4, -0.2) is 44.0 Å². The Labute approximate surface area is 167 Å². The van der Waals surface area contributed by atoms with E-state index >= 15 is 0 Å². The first-order valence-electron chi connectivity index (χ1n) is 9.36. The third-order valence-corrected chi connectivity index (χ3v) is 6.25. The van der Waals surface area contributed by atoms with Crippen molar-refractivity contribution in [3.8, 4) is 10.8 Å². The number of hydrogen-bond donors (Lipinski definition) is 1. The fourth-order valence-corrected chi connectivity index (χ4v) is 4.76. The van der Waals surface area contributed by atoms with Crippen LogP contribution in [0, 0.1) is 6.92 Å². The Bertz CT molecular complexity index is 1000. The van der Waals surface area contributed by atoms with Gasteiger partial charge in [0.05, 0.1) is 12.2 Å². The summed E-state index contributed by atoms with van der Waals surface area (Å²) >= 11 is 1.32. The van der Waals surface area contributed by atoms with Gasteiger partial charge in [0.25, 0.3) is 5.91 Å². The van der Waals surface area contributed by atoms with E-state index in [-0.39, 0.29) is 12.5 Å². The quantitative estimate of drug-likeness (QED) is 0.735. The van der Waals surface area contributed by atoms with Gasteiger partial charge in [-0.2, -0.15) is 0 Å². The van der Waals surface area contributed by atoms with Gasteiger partial charge < -0.3 is 10.0 Å². The maximum atomic E-state index is 13.2. The molecule has 3 aromatic rings. The average molecular weight is 395 g/mol. The molecule has 0 radical (unpaired) electrons. The molecule has 1 aromatic carbocycles. The fraction of sp³-hybridized carbons (Fsp3) is 0.333. The number of β-amino-alcohol motifs (C(OH)–C–C–N with tert-alkyl or cyclic N) is 1. The smallest absolute Gasteiger partial charge is 0.265 e. The molecule has 3 heterocycles. The van der Waals surface area contributed by atoms with Crippen LogP contribution in [0.4, 0.5) is 0 Å². The Morgan fingerprint density at radius 2 is 2.00 bits per heavy atom. The number of likely N-dealkylation sites (tertiary alicyclic amines) is 1. The summed E-state index contributed by atoms with van der Waals surface area (Å²) < 4.78 is 0. The van der Waals surface area contributed by atoms with Crippen LogP contribution in [0.25, 0.3) is 10.8 Å². The minimum Gasteiger partial charge on any atom is -0.383 e. The zero-order valence-electron chi connectivity index (χ0n) is 15.9. The van der Waals surface area contributed by atoms with Crippen molar-refractivity contribution in [1.82, 2.24) is 19.9 Å². The van der Waals surface area contributed by atoms with Gasteiger partial charge in [-0.3, -0.25) is 4.79 Å². The Hall–Kier alpha value is -2.64. The van der Waals surface area contributed by atoms with E-state index < -0.39 is 5.60 Å². The fourth-order valence-electron chi connectivity index (χ4n) is 3.69.